The van der Waals surface area contributed by atoms with E-state index in [0.717, 1.165) is 0 Å². The highest BCUT2D eigenvalue weighted by atomic mass is 16.5. The molecule has 0 saturated heterocycles. The average molecular weight is 168 g/mol. The third kappa shape index (κ3) is 1.61. The number of para-hydroxylation sites is 1. The highest BCUT2D eigenvalue weighted by Gasteiger charge is 2.16. The molecule has 0 amide bonds. The lowest BCUT2D eigenvalue weighted by Crippen LogP contribution is -2.19. The van der Waals surface area contributed by atoms with Crippen LogP contribution in [0.15, 0.2) is 24.3 Å². The van der Waals surface area contributed by atoms with Gasteiger partial charge in [0.15, 0.2) is 0 Å². The van der Waals surface area contributed by atoms with Gasteiger partial charge in [-0.05, 0) is 12.1 Å². The Morgan fingerprint density at radius 3 is 2.33 bits per heavy atom. The van der Waals surface area contributed by atoms with Gasteiger partial charge in [0.05, 0.1) is 5.56 Å². The minimum atomic E-state index is -2.07. The lowest BCUT2D eigenvalue weighted by Gasteiger charge is -2.03. The van der Waals surface area contributed by atoms with E-state index in [1.807, 2.05) is 0 Å². The molecule has 0 aliphatic rings. The van der Waals surface area contributed by atoms with Crippen LogP contribution in [0.4, 0.5) is 0 Å². The van der Waals surface area contributed by atoms with Crippen molar-refractivity contribution >= 4 is 5.78 Å². The molecule has 64 valence electrons. The Kier molecular flexibility index (Phi) is 2.42. The van der Waals surface area contributed by atoms with Crippen molar-refractivity contribution in [3.8, 4) is 5.75 Å². The maximum Gasteiger partial charge on any atom is 0.222 e. The van der Waals surface area contributed by atoms with Crippen molar-refractivity contribution in [2.75, 3.05) is 0 Å². The monoisotopic (exact) mass is 168 g/mol. The number of aliphatic hydroxyl groups is 2. The van der Waals surface area contributed by atoms with E-state index in [2.05, 4.69) is 0 Å². The molecule has 1 aromatic rings. The molecule has 12 heavy (non-hydrogen) atoms. The lowest BCUT2D eigenvalue weighted by atomic mass is 10.1. The van der Waals surface area contributed by atoms with E-state index in [4.69, 9.17) is 15.3 Å². The predicted molar refractivity (Wildman–Crippen MR) is 40.7 cm³/mol. The molecule has 4 heteroatoms. The molecule has 0 aromatic heterocycles. The molecule has 0 heterocycles. The number of benzene rings is 1. The van der Waals surface area contributed by atoms with Gasteiger partial charge in [-0.25, -0.2) is 0 Å². The van der Waals surface area contributed by atoms with Crippen molar-refractivity contribution in [2.45, 2.75) is 6.29 Å². The van der Waals surface area contributed by atoms with Crippen molar-refractivity contribution in [3.63, 3.8) is 0 Å². The second-order valence-corrected chi connectivity index (χ2v) is 2.26. The SMILES string of the molecule is O=C(c1ccccc1O)C(O)O. The van der Waals surface area contributed by atoms with Crippen LogP contribution in [-0.2, 0) is 0 Å². The number of hydrogen-bond donors (Lipinski definition) is 3. The second-order valence-electron chi connectivity index (χ2n) is 2.26. The summed E-state index contributed by atoms with van der Waals surface area (Å²) in [6, 6.07) is 5.68. The van der Waals surface area contributed by atoms with Crippen LogP contribution >= 0.6 is 0 Å². The minimum absolute atomic E-state index is 0.0903. The largest absolute Gasteiger partial charge is 0.507 e. The van der Waals surface area contributed by atoms with Crippen LogP contribution in [0.25, 0.3) is 0 Å². The number of carbonyl (C=O) groups excluding carboxylic acids is 1. The molecular weight excluding hydrogens is 160 g/mol. The normalized spacial score (nSPS) is 10.2. The number of aromatic hydroxyl groups is 1. The summed E-state index contributed by atoms with van der Waals surface area (Å²) in [5.41, 5.74) is -0.0903. The summed E-state index contributed by atoms with van der Waals surface area (Å²) in [6.45, 7) is 0. The average Bonchev–Trinajstić information content (AvgIpc) is 2.04. The Labute approximate surface area is 68.7 Å². The molecular formula is C8H8O4. The molecule has 0 saturated carbocycles. The molecule has 0 radical (unpaired) electrons. The molecule has 0 bridgehead atoms. The van der Waals surface area contributed by atoms with Crippen molar-refractivity contribution in [1.29, 1.82) is 0 Å². The predicted octanol–water partition coefficient (Wildman–Crippen LogP) is -0.114. The van der Waals surface area contributed by atoms with E-state index in [1.165, 1.54) is 24.3 Å². The number of phenols is 1. The number of aliphatic hydroxyl groups excluding tert-OH is 1. The van der Waals surface area contributed by atoms with E-state index in [0.29, 0.717) is 0 Å². The summed E-state index contributed by atoms with van der Waals surface area (Å²) in [5.74, 6) is -1.16. The third-order valence-corrected chi connectivity index (χ3v) is 1.40. The molecule has 0 spiro atoms. The quantitative estimate of drug-likeness (QED) is 0.425. The van der Waals surface area contributed by atoms with Crippen molar-refractivity contribution in [2.24, 2.45) is 0 Å². The van der Waals surface area contributed by atoms with Gasteiger partial charge in [0.25, 0.3) is 0 Å². The van der Waals surface area contributed by atoms with Gasteiger partial charge in [-0.3, -0.25) is 4.79 Å². The van der Waals surface area contributed by atoms with E-state index in [9.17, 15) is 4.79 Å². The molecule has 0 atom stereocenters. The van der Waals surface area contributed by atoms with Crippen LogP contribution < -0.4 is 0 Å². The van der Waals surface area contributed by atoms with E-state index < -0.39 is 12.1 Å². The first-order chi connectivity index (χ1) is 5.63. The standard InChI is InChI=1S/C8H8O4/c9-6-4-2-1-3-5(6)7(10)8(11)12/h1-4,8-9,11-12H. The number of carbonyl (C=O) groups is 1. The van der Waals surface area contributed by atoms with E-state index in [1.54, 1.807) is 0 Å². The van der Waals surface area contributed by atoms with Gasteiger partial charge < -0.3 is 15.3 Å². The van der Waals surface area contributed by atoms with Crippen molar-refractivity contribution in [3.05, 3.63) is 29.8 Å². The molecule has 1 aromatic carbocycles. The van der Waals surface area contributed by atoms with Crippen LogP contribution in [0.2, 0.25) is 0 Å². The Morgan fingerprint density at radius 2 is 1.83 bits per heavy atom. The van der Waals surface area contributed by atoms with Gasteiger partial charge >= 0.3 is 0 Å². The van der Waals surface area contributed by atoms with Crippen molar-refractivity contribution < 1.29 is 20.1 Å². The first-order valence-corrected chi connectivity index (χ1v) is 3.31. The highest BCUT2D eigenvalue weighted by molar-refractivity contribution is 6.00. The maximum absolute atomic E-state index is 10.9. The van der Waals surface area contributed by atoms with Gasteiger partial charge in [-0.2, -0.15) is 0 Å². The fourth-order valence-corrected chi connectivity index (χ4v) is 0.821. The first-order valence-electron chi connectivity index (χ1n) is 3.31. The third-order valence-electron chi connectivity index (χ3n) is 1.40. The number of phenolic OH excluding ortho intramolecular Hbond substituents is 1. The highest BCUT2D eigenvalue weighted by Crippen LogP contribution is 2.16. The lowest BCUT2D eigenvalue weighted by molar-refractivity contribution is -0.0197. The number of ketones is 1. The molecule has 3 N–H and O–H groups in total. The van der Waals surface area contributed by atoms with Gasteiger partial charge in [0, 0.05) is 0 Å². The summed E-state index contributed by atoms with van der Waals surface area (Å²) >= 11 is 0. The molecule has 0 fully saturated rings. The fourth-order valence-electron chi connectivity index (χ4n) is 0.821. The number of rotatable bonds is 2. The molecule has 1 rings (SSSR count). The zero-order valence-electron chi connectivity index (χ0n) is 6.14. The molecule has 4 nitrogen and oxygen atoms in total. The summed E-state index contributed by atoms with van der Waals surface area (Å²) in [4.78, 5) is 10.9. The molecule has 0 unspecified atom stereocenters. The van der Waals surface area contributed by atoms with Gasteiger partial charge in [-0.15, -0.1) is 0 Å². The van der Waals surface area contributed by atoms with Crippen LogP contribution in [0.1, 0.15) is 10.4 Å². The maximum atomic E-state index is 10.9. The van der Waals surface area contributed by atoms with E-state index >= 15 is 0 Å². The Hall–Kier alpha value is -1.39. The van der Waals surface area contributed by atoms with Crippen molar-refractivity contribution in [1.82, 2.24) is 0 Å². The number of hydrogen-bond acceptors (Lipinski definition) is 4. The van der Waals surface area contributed by atoms with Crippen LogP contribution in [0, 0.1) is 0 Å². The summed E-state index contributed by atoms with van der Waals surface area (Å²) in [5, 5.41) is 26.1. The van der Waals surface area contributed by atoms with Crippen LogP contribution in [0.5, 0.6) is 5.75 Å². The molecule has 0 aliphatic heterocycles. The zero-order chi connectivity index (χ0) is 9.14. The number of Topliss-reactive ketones (excluding diaryl/α,β-unsaturated/α-hetero) is 1. The minimum Gasteiger partial charge on any atom is -0.507 e. The van der Waals surface area contributed by atoms with Crippen LogP contribution in [0.3, 0.4) is 0 Å². The zero-order valence-corrected chi connectivity index (χ0v) is 6.14. The smallest absolute Gasteiger partial charge is 0.222 e. The summed E-state index contributed by atoms with van der Waals surface area (Å²) < 4.78 is 0. The Morgan fingerprint density at radius 1 is 1.25 bits per heavy atom. The van der Waals surface area contributed by atoms with Crippen LogP contribution in [-0.4, -0.2) is 27.4 Å². The van der Waals surface area contributed by atoms with Gasteiger partial charge in [0.1, 0.15) is 5.75 Å². The summed E-state index contributed by atoms with van der Waals surface area (Å²) in [7, 11) is 0. The Bertz CT molecular complexity index is 293. The Balaban J connectivity index is 3.03. The second kappa shape index (κ2) is 3.34. The van der Waals surface area contributed by atoms with Gasteiger partial charge in [0.2, 0.25) is 12.1 Å². The topological polar surface area (TPSA) is 77.8 Å². The first kappa shape index (κ1) is 8.70. The fraction of sp³-hybridized carbons (Fsp3) is 0.125. The molecule has 0 aliphatic carbocycles. The van der Waals surface area contributed by atoms with E-state index in [-0.39, 0.29) is 11.3 Å². The van der Waals surface area contributed by atoms with Gasteiger partial charge in [-0.1, -0.05) is 12.1 Å². The summed E-state index contributed by atoms with van der Waals surface area (Å²) in [6.07, 6.45) is -2.07.